The summed E-state index contributed by atoms with van der Waals surface area (Å²) in [6.45, 7) is 0.415. The average molecular weight is 217 g/mol. The van der Waals surface area contributed by atoms with Crippen molar-refractivity contribution in [3.05, 3.63) is 47.8 Å². The highest BCUT2D eigenvalue weighted by molar-refractivity contribution is 5.88. The number of nitrogens with zero attached hydrogens (tertiary/aromatic N) is 2. The van der Waals surface area contributed by atoms with Gasteiger partial charge in [0.1, 0.15) is 0 Å². The van der Waals surface area contributed by atoms with Crippen LogP contribution in [0.2, 0.25) is 0 Å². The molecule has 16 heavy (non-hydrogen) atoms. The van der Waals surface area contributed by atoms with Crippen LogP contribution in [0.15, 0.2) is 36.7 Å². The summed E-state index contributed by atoms with van der Waals surface area (Å²) in [7, 11) is 0. The van der Waals surface area contributed by atoms with Gasteiger partial charge in [-0.25, -0.2) is 9.48 Å². The van der Waals surface area contributed by atoms with Crippen molar-refractivity contribution in [2.45, 2.75) is 6.54 Å². The lowest BCUT2D eigenvalue weighted by molar-refractivity contribution is 0.0697. The maximum absolute atomic E-state index is 10.8. The Bertz CT molecular complexity index is 519. The van der Waals surface area contributed by atoms with Crippen molar-refractivity contribution in [2.75, 3.05) is 0 Å². The number of carboxylic acid groups (broad SMARTS) is 1. The van der Waals surface area contributed by atoms with Crippen molar-refractivity contribution in [3.63, 3.8) is 0 Å². The summed E-state index contributed by atoms with van der Waals surface area (Å²) in [5.41, 5.74) is 7.32. The number of nitrogens with two attached hydrogens (primary N) is 1. The van der Waals surface area contributed by atoms with E-state index in [1.54, 1.807) is 41.3 Å². The van der Waals surface area contributed by atoms with Gasteiger partial charge in [0.25, 0.3) is 0 Å². The van der Waals surface area contributed by atoms with Gasteiger partial charge in [0.15, 0.2) is 0 Å². The molecule has 0 aliphatic carbocycles. The van der Waals surface area contributed by atoms with Gasteiger partial charge in [0.05, 0.1) is 17.4 Å². The first-order valence-corrected chi connectivity index (χ1v) is 4.78. The molecule has 0 saturated heterocycles. The molecule has 82 valence electrons. The van der Waals surface area contributed by atoms with E-state index in [1.165, 1.54) is 0 Å². The second-order valence-electron chi connectivity index (χ2n) is 3.35. The number of carboxylic acids is 1. The smallest absolute Gasteiger partial charge is 0.335 e. The summed E-state index contributed by atoms with van der Waals surface area (Å²) in [6.07, 6.45) is 3.44. The number of benzene rings is 1. The molecule has 0 unspecified atom stereocenters. The predicted octanol–water partition coefficient (Wildman–Crippen LogP) is 1.03. The van der Waals surface area contributed by atoms with Gasteiger partial charge in [0.2, 0.25) is 0 Å². The molecule has 5 nitrogen and oxygen atoms in total. The quantitative estimate of drug-likeness (QED) is 0.804. The monoisotopic (exact) mass is 217 g/mol. The van der Waals surface area contributed by atoms with Crippen LogP contribution in [0.5, 0.6) is 0 Å². The van der Waals surface area contributed by atoms with Crippen LogP contribution in [0.4, 0.5) is 0 Å². The fourth-order valence-corrected chi connectivity index (χ4v) is 1.39. The molecular formula is C11H11N3O2. The van der Waals surface area contributed by atoms with Crippen LogP contribution in [-0.2, 0) is 6.54 Å². The summed E-state index contributed by atoms with van der Waals surface area (Å²) >= 11 is 0. The summed E-state index contributed by atoms with van der Waals surface area (Å²) in [5.74, 6) is -0.951. The molecule has 0 radical (unpaired) electrons. The van der Waals surface area contributed by atoms with E-state index < -0.39 is 5.97 Å². The third-order valence-corrected chi connectivity index (χ3v) is 2.23. The Hall–Kier alpha value is -2.14. The van der Waals surface area contributed by atoms with Crippen LogP contribution >= 0.6 is 0 Å². The largest absolute Gasteiger partial charge is 0.478 e. The third-order valence-electron chi connectivity index (χ3n) is 2.23. The van der Waals surface area contributed by atoms with E-state index in [2.05, 4.69) is 5.10 Å². The lowest BCUT2D eigenvalue weighted by Crippen LogP contribution is -2.00. The van der Waals surface area contributed by atoms with E-state index in [4.69, 9.17) is 10.8 Å². The maximum atomic E-state index is 10.8. The van der Waals surface area contributed by atoms with E-state index in [1.807, 2.05) is 0 Å². The Labute approximate surface area is 92.1 Å². The third kappa shape index (κ3) is 1.94. The lowest BCUT2D eigenvalue weighted by atomic mass is 10.2. The summed E-state index contributed by atoms with van der Waals surface area (Å²) < 4.78 is 1.61. The van der Waals surface area contributed by atoms with Gasteiger partial charge in [-0.3, -0.25) is 0 Å². The number of aromatic nitrogens is 2. The molecule has 0 atom stereocenters. The molecule has 5 heteroatoms. The molecule has 0 fully saturated rings. The number of hydrogen-bond donors (Lipinski definition) is 2. The van der Waals surface area contributed by atoms with E-state index >= 15 is 0 Å². The van der Waals surface area contributed by atoms with E-state index in [9.17, 15) is 4.79 Å². The zero-order valence-electron chi connectivity index (χ0n) is 8.50. The Balaban J connectivity index is 2.40. The highest BCUT2D eigenvalue weighted by Crippen LogP contribution is 2.10. The second-order valence-corrected chi connectivity index (χ2v) is 3.35. The molecule has 0 bridgehead atoms. The van der Waals surface area contributed by atoms with Crippen molar-refractivity contribution in [3.8, 4) is 5.69 Å². The average Bonchev–Trinajstić information content (AvgIpc) is 2.77. The van der Waals surface area contributed by atoms with Crippen molar-refractivity contribution < 1.29 is 9.90 Å². The number of rotatable bonds is 3. The van der Waals surface area contributed by atoms with Gasteiger partial charge in [-0.05, 0) is 18.2 Å². The molecule has 2 aromatic rings. The molecule has 3 N–H and O–H groups in total. The van der Waals surface area contributed by atoms with Crippen LogP contribution in [-0.4, -0.2) is 20.9 Å². The molecular weight excluding hydrogens is 206 g/mol. The number of hydrogen-bond acceptors (Lipinski definition) is 3. The van der Waals surface area contributed by atoms with Crippen LogP contribution in [0.3, 0.4) is 0 Å². The topological polar surface area (TPSA) is 81.1 Å². The molecule has 0 aliphatic rings. The normalized spacial score (nSPS) is 10.3. The van der Waals surface area contributed by atoms with E-state index in [0.29, 0.717) is 12.2 Å². The summed E-state index contributed by atoms with van der Waals surface area (Å²) in [6, 6.07) is 6.58. The Morgan fingerprint density at radius 2 is 2.31 bits per heavy atom. The Morgan fingerprint density at radius 1 is 1.50 bits per heavy atom. The second kappa shape index (κ2) is 4.16. The summed E-state index contributed by atoms with van der Waals surface area (Å²) in [4.78, 5) is 10.8. The van der Waals surface area contributed by atoms with Gasteiger partial charge >= 0.3 is 5.97 Å². The van der Waals surface area contributed by atoms with Crippen molar-refractivity contribution >= 4 is 5.97 Å². The molecule has 2 rings (SSSR count). The molecule has 1 heterocycles. The van der Waals surface area contributed by atoms with Crippen molar-refractivity contribution in [1.82, 2.24) is 9.78 Å². The fourth-order valence-electron chi connectivity index (χ4n) is 1.39. The summed E-state index contributed by atoms with van der Waals surface area (Å²) in [5, 5.41) is 13.0. The van der Waals surface area contributed by atoms with Crippen molar-refractivity contribution in [1.29, 1.82) is 0 Å². The van der Waals surface area contributed by atoms with Gasteiger partial charge in [-0.1, -0.05) is 6.07 Å². The van der Waals surface area contributed by atoms with E-state index in [0.717, 1.165) is 5.56 Å². The molecule has 1 aromatic heterocycles. The zero-order valence-corrected chi connectivity index (χ0v) is 8.50. The van der Waals surface area contributed by atoms with Gasteiger partial charge in [-0.15, -0.1) is 0 Å². The fraction of sp³-hybridized carbons (Fsp3) is 0.0909. The first-order chi connectivity index (χ1) is 7.70. The molecule has 0 amide bonds. The van der Waals surface area contributed by atoms with Gasteiger partial charge in [-0.2, -0.15) is 5.10 Å². The SMILES string of the molecule is NCc1cnn(-c2cccc(C(=O)O)c2)c1. The Kier molecular flexibility index (Phi) is 2.70. The number of carbonyl (C=O) groups is 1. The minimum Gasteiger partial charge on any atom is -0.478 e. The van der Waals surface area contributed by atoms with Crippen molar-refractivity contribution in [2.24, 2.45) is 5.73 Å². The predicted molar refractivity (Wildman–Crippen MR) is 58.4 cm³/mol. The Morgan fingerprint density at radius 3 is 2.94 bits per heavy atom. The maximum Gasteiger partial charge on any atom is 0.335 e. The molecule has 0 aliphatic heterocycles. The highest BCUT2D eigenvalue weighted by Gasteiger charge is 2.05. The first-order valence-electron chi connectivity index (χ1n) is 4.78. The highest BCUT2D eigenvalue weighted by atomic mass is 16.4. The van der Waals surface area contributed by atoms with Crippen LogP contribution in [0, 0.1) is 0 Å². The van der Waals surface area contributed by atoms with Gasteiger partial charge < -0.3 is 10.8 Å². The molecule has 0 spiro atoms. The zero-order chi connectivity index (χ0) is 11.5. The van der Waals surface area contributed by atoms with Gasteiger partial charge in [0, 0.05) is 18.3 Å². The molecule has 1 aromatic carbocycles. The van der Waals surface area contributed by atoms with Crippen LogP contribution in [0.25, 0.3) is 5.69 Å². The van der Waals surface area contributed by atoms with Crippen LogP contribution in [0.1, 0.15) is 15.9 Å². The standard InChI is InChI=1S/C11H11N3O2/c12-5-8-6-13-14(7-8)10-3-1-2-9(4-10)11(15)16/h1-4,6-7H,5,12H2,(H,15,16). The van der Waals surface area contributed by atoms with E-state index in [-0.39, 0.29) is 5.56 Å². The minimum absolute atomic E-state index is 0.238. The molecule has 0 saturated carbocycles. The number of aromatic carboxylic acids is 1. The minimum atomic E-state index is -0.951. The lowest BCUT2D eigenvalue weighted by Gasteiger charge is -2.01. The van der Waals surface area contributed by atoms with Crippen LogP contribution < -0.4 is 5.73 Å². The first kappa shape index (κ1) is 10.4.